The van der Waals surface area contributed by atoms with Crippen molar-refractivity contribution < 1.29 is 22.0 Å². The molecule has 0 saturated heterocycles. The predicted octanol–water partition coefficient (Wildman–Crippen LogP) is -0.359. The van der Waals surface area contributed by atoms with Crippen LogP contribution in [0.25, 0.3) is 20.8 Å². The number of benzene rings is 2. The summed E-state index contributed by atoms with van der Waals surface area (Å²) in [5, 5.41) is 0. The number of fused-ring (bicyclic) bond motifs is 2. The van der Waals surface area contributed by atoms with E-state index in [-0.39, 0.29) is 22.4 Å². The molecule has 0 fully saturated rings. The Bertz CT molecular complexity index is 771. The molecule has 1 aromatic rings. The van der Waals surface area contributed by atoms with Crippen molar-refractivity contribution in [2.45, 2.75) is 6.92 Å². The minimum atomic E-state index is 0. The molecule has 5 heteroatoms. The number of nitrogens with one attached hydrogen (secondary N) is 1. The highest BCUT2D eigenvalue weighted by atomic mass is 79.9. The van der Waals surface area contributed by atoms with E-state index in [2.05, 4.69) is 42.1 Å². The lowest BCUT2D eigenvalue weighted by Gasteiger charge is -2.16. The first-order valence-electron chi connectivity index (χ1n) is 6.28. The molecule has 1 aliphatic carbocycles. The third-order valence-corrected chi connectivity index (χ3v) is 4.44. The number of hydrogen-bond acceptors (Lipinski definition) is 3. The minimum absolute atomic E-state index is 0. The molecule has 3 rings (SSSR count). The highest BCUT2D eigenvalue weighted by molar-refractivity contribution is 7.21. The zero-order valence-electron chi connectivity index (χ0n) is 11.3. The van der Waals surface area contributed by atoms with Gasteiger partial charge in [0.05, 0.1) is 0 Å². The summed E-state index contributed by atoms with van der Waals surface area (Å²) in [4.78, 5) is 18.0. The van der Waals surface area contributed by atoms with Crippen molar-refractivity contribution in [2.75, 3.05) is 18.5 Å². The van der Waals surface area contributed by atoms with Crippen molar-refractivity contribution in [1.29, 1.82) is 0 Å². The number of rotatable bonds is 2. The molecule has 1 aliphatic heterocycles. The fraction of sp³-hybridized carbons (Fsp3) is 0.200. The van der Waals surface area contributed by atoms with Crippen molar-refractivity contribution in [3.63, 3.8) is 0 Å². The van der Waals surface area contributed by atoms with E-state index in [0.717, 1.165) is 27.3 Å². The molecule has 0 atom stereocenters. The third-order valence-electron chi connectivity index (χ3n) is 3.32. The zero-order valence-corrected chi connectivity index (χ0v) is 13.7. The standard InChI is InChI=1S/C15H14N2OS.BrH/c1-3-17(2)10-4-6-12-14(8-10)19-15-9-11(18)5-7-13(15)16-12;/h4-9H,3H2,1-2H3;1H. The molecule has 2 aliphatic rings. The van der Waals surface area contributed by atoms with Crippen molar-refractivity contribution in [1.82, 2.24) is 0 Å². The lowest BCUT2D eigenvalue weighted by molar-refractivity contribution is -0.330. The predicted molar refractivity (Wildman–Crippen MR) is 80.2 cm³/mol. The molecule has 20 heavy (non-hydrogen) atoms. The van der Waals surface area contributed by atoms with E-state index in [0.29, 0.717) is 0 Å². The largest absolute Gasteiger partial charge is 1.00 e. The van der Waals surface area contributed by atoms with E-state index < -0.39 is 0 Å². The van der Waals surface area contributed by atoms with Crippen molar-refractivity contribution >= 4 is 27.2 Å². The highest BCUT2D eigenvalue weighted by Gasteiger charge is 2.14. The number of hydrogen-bond donors (Lipinski definition) is 0. The molecular formula is C15H15BrN2OS. The second-order valence-electron chi connectivity index (χ2n) is 4.58. The van der Waals surface area contributed by atoms with Gasteiger partial charge in [-0.05, 0) is 25.1 Å². The van der Waals surface area contributed by atoms with Crippen LogP contribution in [0.4, 0.5) is 5.69 Å². The van der Waals surface area contributed by atoms with E-state index in [4.69, 9.17) is 0 Å². The molecule has 0 amide bonds. The molecule has 0 radical (unpaired) electrons. The Balaban J connectivity index is 0.00000147. The molecule has 1 aromatic carbocycles. The number of aromatic amines is 1. The fourth-order valence-corrected chi connectivity index (χ4v) is 3.12. The highest BCUT2D eigenvalue weighted by Crippen LogP contribution is 2.29. The fourth-order valence-electron chi connectivity index (χ4n) is 2.07. The summed E-state index contributed by atoms with van der Waals surface area (Å²) in [6.07, 6.45) is 0. The summed E-state index contributed by atoms with van der Waals surface area (Å²) in [5.41, 5.74) is 3.36. The van der Waals surface area contributed by atoms with E-state index in [1.54, 1.807) is 23.5 Å². The van der Waals surface area contributed by atoms with Crippen LogP contribution in [0.1, 0.15) is 6.92 Å². The van der Waals surface area contributed by atoms with E-state index in [9.17, 15) is 4.79 Å². The first-order chi connectivity index (χ1) is 9.17. The van der Waals surface area contributed by atoms with Crippen LogP contribution in [0.5, 0.6) is 0 Å². The Morgan fingerprint density at radius 2 is 2.00 bits per heavy atom. The molecule has 3 nitrogen and oxygen atoms in total. The van der Waals surface area contributed by atoms with Crippen LogP contribution in [0, 0.1) is 0 Å². The molecule has 0 unspecified atom stereocenters. The molecule has 0 bridgehead atoms. The van der Waals surface area contributed by atoms with Gasteiger partial charge in [-0.15, -0.1) is 11.3 Å². The second-order valence-corrected chi connectivity index (χ2v) is 5.66. The molecule has 104 valence electrons. The van der Waals surface area contributed by atoms with Gasteiger partial charge in [0.25, 0.3) is 0 Å². The number of anilines is 1. The molecule has 0 aromatic heterocycles. The zero-order chi connectivity index (χ0) is 13.4. The number of nitrogens with zero attached hydrogens (tertiary/aromatic N) is 1. The molecule has 0 saturated carbocycles. The Labute approximate surface area is 132 Å². The Morgan fingerprint density at radius 1 is 1.20 bits per heavy atom. The summed E-state index contributed by atoms with van der Waals surface area (Å²) < 4.78 is 1.16. The summed E-state index contributed by atoms with van der Waals surface area (Å²) in [6, 6.07) is 11.5. The monoisotopic (exact) mass is 350 g/mol. The van der Waals surface area contributed by atoms with Crippen LogP contribution in [-0.4, -0.2) is 13.6 Å². The first-order valence-corrected chi connectivity index (χ1v) is 7.10. The van der Waals surface area contributed by atoms with Crippen LogP contribution in [-0.2, 0) is 0 Å². The maximum absolute atomic E-state index is 11.4. The van der Waals surface area contributed by atoms with Crippen molar-refractivity contribution in [3.8, 4) is 10.6 Å². The number of halogens is 1. The van der Waals surface area contributed by atoms with Crippen LogP contribution >= 0.6 is 11.3 Å². The van der Waals surface area contributed by atoms with Gasteiger partial charge in [0, 0.05) is 37.5 Å². The molecule has 1 heterocycles. The third kappa shape index (κ3) is 2.69. The van der Waals surface area contributed by atoms with Crippen molar-refractivity contribution in [3.05, 3.63) is 46.6 Å². The van der Waals surface area contributed by atoms with Crippen LogP contribution in [0.2, 0.25) is 0 Å². The van der Waals surface area contributed by atoms with E-state index in [1.807, 2.05) is 6.07 Å². The van der Waals surface area contributed by atoms with Gasteiger partial charge in [0.15, 0.2) is 5.43 Å². The maximum atomic E-state index is 11.4. The van der Waals surface area contributed by atoms with Gasteiger partial charge in [0.1, 0.15) is 9.58 Å². The summed E-state index contributed by atoms with van der Waals surface area (Å²) in [7, 11) is 2.08. The summed E-state index contributed by atoms with van der Waals surface area (Å²) in [6.45, 7) is 3.10. The topological polar surface area (TPSA) is 34.5 Å². The Hall–Kier alpha value is -1.46. The number of H-pyrrole nitrogens is 1. The minimum Gasteiger partial charge on any atom is -1.00 e. The van der Waals surface area contributed by atoms with Crippen LogP contribution in [0.15, 0.2) is 41.2 Å². The molecule has 0 spiro atoms. The van der Waals surface area contributed by atoms with Crippen LogP contribution < -0.4 is 32.3 Å². The molecule has 1 N–H and O–H groups in total. The van der Waals surface area contributed by atoms with Gasteiger partial charge in [-0.3, -0.25) is 4.79 Å². The van der Waals surface area contributed by atoms with Crippen LogP contribution in [0.3, 0.4) is 0 Å². The van der Waals surface area contributed by atoms with E-state index >= 15 is 0 Å². The Morgan fingerprint density at radius 3 is 2.75 bits per heavy atom. The number of aromatic nitrogens is 1. The quantitative estimate of drug-likeness (QED) is 0.591. The first kappa shape index (κ1) is 14.9. The maximum Gasteiger partial charge on any atom is 0.221 e. The summed E-state index contributed by atoms with van der Waals surface area (Å²) >= 11 is 1.65. The Kier molecular flexibility index (Phi) is 4.40. The lowest BCUT2D eigenvalue weighted by atomic mass is 10.2. The summed E-state index contributed by atoms with van der Waals surface area (Å²) in [5.74, 6) is 0. The smallest absolute Gasteiger partial charge is 0.221 e. The SMILES string of the molecule is CCN(C)c1ccc2[nH+]c3ccc(=O)cc-3sc2c1.[Br-]. The van der Waals surface area contributed by atoms with Gasteiger partial charge in [-0.1, -0.05) is 0 Å². The van der Waals surface area contributed by atoms with Gasteiger partial charge in [0.2, 0.25) is 11.2 Å². The normalized spacial score (nSPS) is 10.5. The second kappa shape index (κ2) is 5.89. The van der Waals surface area contributed by atoms with Gasteiger partial charge in [-0.2, -0.15) is 0 Å². The van der Waals surface area contributed by atoms with Gasteiger partial charge in [-0.25, -0.2) is 4.98 Å². The van der Waals surface area contributed by atoms with E-state index in [1.165, 1.54) is 5.69 Å². The lowest BCUT2D eigenvalue weighted by Crippen LogP contribution is -3.00. The van der Waals surface area contributed by atoms with Gasteiger partial charge < -0.3 is 21.9 Å². The molecular weight excluding hydrogens is 336 g/mol. The average Bonchev–Trinajstić information content (AvgIpc) is 2.43. The van der Waals surface area contributed by atoms with Crippen molar-refractivity contribution in [2.24, 2.45) is 0 Å². The van der Waals surface area contributed by atoms with Gasteiger partial charge >= 0.3 is 0 Å². The average molecular weight is 351 g/mol.